The van der Waals surface area contributed by atoms with E-state index in [4.69, 9.17) is 4.74 Å². The number of aliphatic imine (C=N–C) groups is 1. The number of rotatable bonds is 4. The quantitative estimate of drug-likeness (QED) is 0.676. The standard InChI is InChI=1S/C21H18N2O2/c1-25-18-11-5-9-16(13-18)21(24)20-19(15-7-3-2-4-8-15)22-14-17-10-6-12-23(17)20/h2-14,19-20H,1H3/t19-,20+/m1/s1. The lowest BCUT2D eigenvalue weighted by Gasteiger charge is -2.29. The molecule has 0 saturated heterocycles. The lowest BCUT2D eigenvalue weighted by Crippen LogP contribution is -2.29. The molecule has 0 bridgehead atoms. The van der Waals surface area contributed by atoms with Crippen LogP contribution in [0.3, 0.4) is 0 Å². The molecule has 3 aromatic rings. The van der Waals surface area contributed by atoms with E-state index in [1.807, 2.05) is 77.6 Å². The molecule has 0 fully saturated rings. The molecule has 2 atom stereocenters. The molecule has 0 amide bonds. The number of ketones is 1. The molecule has 4 heteroatoms. The number of aromatic nitrogens is 1. The minimum atomic E-state index is -0.412. The summed E-state index contributed by atoms with van der Waals surface area (Å²) in [5.41, 5.74) is 2.59. The van der Waals surface area contributed by atoms with Crippen LogP contribution in [0.25, 0.3) is 0 Å². The van der Waals surface area contributed by atoms with Crippen LogP contribution in [0.1, 0.15) is 33.7 Å². The van der Waals surface area contributed by atoms with Crippen molar-refractivity contribution in [3.8, 4) is 5.75 Å². The van der Waals surface area contributed by atoms with Crippen LogP contribution >= 0.6 is 0 Å². The third kappa shape index (κ3) is 2.76. The average Bonchev–Trinajstić information content (AvgIpc) is 3.16. The molecular weight excluding hydrogens is 312 g/mol. The van der Waals surface area contributed by atoms with Gasteiger partial charge in [-0.25, -0.2) is 0 Å². The van der Waals surface area contributed by atoms with Gasteiger partial charge in [0.2, 0.25) is 0 Å². The highest BCUT2D eigenvalue weighted by molar-refractivity contribution is 6.01. The van der Waals surface area contributed by atoms with E-state index < -0.39 is 6.04 Å². The molecule has 25 heavy (non-hydrogen) atoms. The van der Waals surface area contributed by atoms with Gasteiger partial charge in [-0.2, -0.15) is 0 Å². The topological polar surface area (TPSA) is 43.6 Å². The van der Waals surface area contributed by atoms with Crippen LogP contribution < -0.4 is 4.74 Å². The van der Waals surface area contributed by atoms with Crippen molar-refractivity contribution in [2.75, 3.05) is 7.11 Å². The van der Waals surface area contributed by atoms with Gasteiger partial charge in [0.25, 0.3) is 0 Å². The summed E-state index contributed by atoms with van der Waals surface area (Å²) in [6.07, 6.45) is 3.78. The van der Waals surface area contributed by atoms with Gasteiger partial charge in [-0.1, -0.05) is 42.5 Å². The van der Waals surface area contributed by atoms with Crippen LogP contribution in [0, 0.1) is 0 Å². The van der Waals surface area contributed by atoms with Crippen molar-refractivity contribution >= 4 is 12.0 Å². The minimum absolute atomic E-state index is 0.0297. The summed E-state index contributed by atoms with van der Waals surface area (Å²) >= 11 is 0. The highest BCUT2D eigenvalue weighted by atomic mass is 16.5. The van der Waals surface area contributed by atoms with E-state index in [2.05, 4.69) is 4.99 Å². The van der Waals surface area contributed by atoms with Crippen LogP contribution in [-0.4, -0.2) is 23.7 Å². The number of carbonyl (C=O) groups excluding carboxylic acids is 1. The maximum absolute atomic E-state index is 13.4. The fourth-order valence-electron chi connectivity index (χ4n) is 3.30. The molecule has 0 saturated carbocycles. The fraction of sp³-hybridized carbons (Fsp3) is 0.143. The Labute approximate surface area is 146 Å². The van der Waals surface area contributed by atoms with Gasteiger partial charge < -0.3 is 9.30 Å². The second-order valence-corrected chi connectivity index (χ2v) is 6.02. The van der Waals surface area contributed by atoms with Gasteiger partial charge in [-0.15, -0.1) is 0 Å². The second-order valence-electron chi connectivity index (χ2n) is 6.02. The van der Waals surface area contributed by atoms with Crippen LogP contribution in [0.2, 0.25) is 0 Å². The van der Waals surface area contributed by atoms with Gasteiger partial charge in [0.15, 0.2) is 5.78 Å². The van der Waals surface area contributed by atoms with Crippen LogP contribution in [0.15, 0.2) is 77.9 Å². The van der Waals surface area contributed by atoms with Crippen molar-refractivity contribution in [1.82, 2.24) is 4.57 Å². The zero-order chi connectivity index (χ0) is 17.2. The minimum Gasteiger partial charge on any atom is -0.497 e. The van der Waals surface area contributed by atoms with Crippen molar-refractivity contribution < 1.29 is 9.53 Å². The van der Waals surface area contributed by atoms with Crippen LogP contribution in [0.5, 0.6) is 5.75 Å². The monoisotopic (exact) mass is 330 g/mol. The van der Waals surface area contributed by atoms with E-state index in [1.165, 1.54) is 0 Å². The first kappa shape index (κ1) is 15.4. The molecule has 2 aromatic carbocycles. The molecule has 4 nitrogen and oxygen atoms in total. The Bertz CT molecular complexity index is 928. The van der Waals surface area contributed by atoms with Gasteiger partial charge in [-0.3, -0.25) is 9.79 Å². The SMILES string of the molecule is COc1cccc(C(=O)[C@@H]2[C@@H](c3ccccc3)N=Cc3cccn32)c1. The van der Waals surface area contributed by atoms with Gasteiger partial charge in [0.1, 0.15) is 17.8 Å². The number of fused-ring (bicyclic) bond motifs is 1. The maximum atomic E-state index is 13.4. The molecule has 0 radical (unpaired) electrons. The molecule has 124 valence electrons. The molecule has 0 N–H and O–H groups in total. The Kier molecular flexibility index (Phi) is 3.94. The Morgan fingerprint density at radius 2 is 1.88 bits per heavy atom. The highest BCUT2D eigenvalue weighted by Crippen LogP contribution is 2.36. The predicted molar refractivity (Wildman–Crippen MR) is 97.6 cm³/mol. The number of carbonyl (C=O) groups is 1. The summed E-state index contributed by atoms with van der Waals surface area (Å²) in [5, 5.41) is 0. The predicted octanol–water partition coefficient (Wildman–Crippen LogP) is 4.09. The van der Waals surface area contributed by atoms with E-state index in [1.54, 1.807) is 13.2 Å². The Morgan fingerprint density at radius 1 is 1.04 bits per heavy atom. The molecule has 0 spiro atoms. The van der Waals surface area contributed by atoms with Crippen molar-refractivity contribution in [3.63, 3.8) is 0 Å². The average molecular weight is 330 g/mol. The number of hydrogen-bond donors (Lipinski definition) is 0. The summed E-state index contributed by atoms with van der Waals surface area (Å²) in [6, 6.07) is 20.5. The number of ether oxygens (including phenoxy) is 1. The van der Waals surface area contributed by atoms with Gasteiger partial charge in [-0.05, 0) is 29.8 Å². The number of nitrogens with zero attached hydrogens (tertiary/aromatic N) is 2. The summed E-state index contributed by atoms with van der Waals surface area (Å²) in [6.45, 7) is 0. The zero-order valence-corrected chi connectivity index (χ0v) is 13.9. The molecule has 4 rings (SSSR count). The van der Waals surface area contributed by atoms with Gasteiger partial charge >= 0.3 is 0 Å². The maximum Gasteiger partial charge on any atom is 0.188 e. The smallest absolute Gasteiger partial charge is 0.188 e. The highest BCUT2D eigenvalue weighted by Gasteiger charge is 2.34. The van der Waals surface area contributed by atoms with Gasteiger partial charge in [0.05, 0.1) is 12.8 Å². The number of benzene rings is 2. The van der Waals surface area contributed by atoms with E-state index in [0.717, 1.165) is 11.3 Å². The van der Waals surface area contributed by atoms with Gasteiger partial charge in [0, 0.05) is 18.0 Å². The van der Waals surface area contributed by atoms with E-state index in [0.29, 0.717) is 11.3 Å². The van der Waals surface area contributed by atoms with Crippen molar-refractivity contribution in [2.24, 2.45) is 4.99 Å². The third-order valence-electron chi connectivity index (χ3n) is 4.54. The molecule has 2 heterocycles. The third-order valence-corrected chi connectivity index (χ3v) is 4.54. The Hall–Kier alpha value is -3.14. The van der Waals surface area contributed by atoms with E-state index >= 15 is 0 Å². The van der Waals surface area contributed by atoms with E-state index in [9.17, 15) is 4.79 Å². The zero-order valence-electron chi connectivity index (χ0n) is 13.9. The molecule has 0 aliphatic carbocycles. The van der Waals surface area contributed by atoms with Crippen molar-refractivity contribution in [2.45, 2.75) is 12.1 Å². The molecule has 1 aliphatic heterocycles. The number of methoxy groups -OCH3 is 1. The first-order valence-corrected chi connectivity index (χ1v) is 8.21. The van der Waals surface area contributed by atoms with Crippen molar-refractivity contribution in [1.29, 1.82) is 0 Å². The number of Topliss-reactive ketones (excluding diaryl/α,β-unsaturated/α-hetero) is 1. The summed E-state index contributed by atoms with van der Waals surface area (Å²) in [5.74, 6) is 0.705. The summed E-state index contributed by atoms with van der Waals surface area (Å²) < 4.78 is 7.28. The lowest BCUT2D eigenvalue weighted by molar-refractivity contribution is 0.0905. The molecular formula is C21H18N2O2. The summed E-state index contributed by atoms with van der Waals surface area (Å²) in [4.78, 5) is 18.0. The lowest BCUT2D eigenvalue weighted by atomic mass is 9.91. The normalized spacial score (nSPS) is 18.6. The second kappa shape index (κ2) is 6.40. The van der Waals surface area contributed by atoms with E-state index in [-0.39, 0.29) is 11.8 Å². The Morgan fingerprint density at radius 3 is 2.68 bits per heavy atom. The van der Waals surface area contributed by atoms with Crippen molar-refractivity contribution in [3.05, 3.63) is 89.7 Å². The van der Waals surface area contributed by atoms with Crippen LogP contribution in [-0.2, 0) is 0 Å². The fourth-order valence-corrected chi connectivity index (χ4v) is 3.30. The molecule has 0 unspecified atom stereocenters. The first-order chi connectivity index (χ1) is 12.3. The summed E-state index contributed by atoms with van der Waals surface area (Å²) in [7, 11) is 1.60. The first-order valence-electron chi connectivity index (χ1n) is 8.21. The van der Waals surface area contributed by atoms with Crippen LogP contribution in [0.4, 0.5) is 0 Å². The number of hydrogen-bond acceptors (Lipinski definition) is 3. The molecule has 1 aromatic heterocycles. The molecule has 1 aliphatic rings. The largest absolute Gasteiger partial charge is 0.497 e. The Balaban J connectivity index is 1.80.